The highest BCUT2D eigenvalue weighted by Gasteiger charge is 2.26. The van der Waals surface area contributed by atoms with E-state index in [9.17, 15) is 9.59 Å². The molecule has 0 heterocycles. The fraction of sp³-hybridized carbons (Fsp3) is 0.412. The van der Waals surface area contributed by atoms with Crippen LogP contribution in [0.3, 0.4) is 0 Å². The van der Waals surface area contributed by atoms with E-state index >= 15 is 0 Å². The molecule has 124 valence electrons. The molecule has 1 saturated carbocycles. The van der Waals surface area contributed by atoms with Crippen molar-refractivity contribution in [3.63, 3.8) is 0 Å². The van der Waals surface area contributed by atoms with Gasteiger partial charge in [0.1, 0.15) is 0 Å². The van der Waals surface area contributed by atoms with Crippen molar-refractivity contribution in [2.75, 3.05) is 14.2 Å². The fourth-order valence-electron chi connectivity index (χ4n) is 1.93. The Labute approximate surface area is 135 Å². The van der Waals surface area contributed by atoms with Crippen molar-refractivity contribution in [3.05, 3.63) is 29.8 Å². The first kappa shape index (κ1) is 16.9. The van der Waals surface area contributed by atoms with Gasteiger partial charge in [0.15, 0.2) is 17.6 Å². The predicted molar refractivity (Wildman–Crippen MR) is 85.3 cm³/mol. The third kappa shape index (κ3) is 5.02. The van der Waals surface area contributed by atoms with Crippen LogP contribution < -0.4 is 14.8 Å². The number of hydrogen-bond donors (Lipinski definition) is 1. The molecule has 0 aliphatic heterocycles. The summed E-state index contributed by atoms with van der Waals surface area (Å²) in [6.45, 7) is 1.56. The monoisotopic (exact) mass is 319 g/mol. The summed E-state index contributed by atoms with van der Waals surface area (Å²) in [4.78, 5) is 23.5. The normalized spacial score (nSPS) is 15.1. The Kier molecular flexibility index (Phi) is 5.62. The maximum atomic E-state index is 11.8. The Hall–Kier alpha value is -2.50. The van der Waals surface area contributed by atoms with E-state index in [1.165, 1.54) is 6.08 Å². The summed E-state index contributed by atoms with van der Waals surface area (Å²) in [5, 5.41) is 2.79. The Morgan fingerprint density at radius 1 is 1.22 bits per heavy atom. The zero-order valence-electron chi connectivity index (χ0n) is 13.5. The Morgan fingerprint density at radius 2 is 1.91 bits per heavy atom. The summed E-state index contributed by atoms with van der Waals surface area (Å²) in [6, 6.07) is 5.52. The number of methoxy groups -OCH3 is 2. The van der Waals surface area contributed by atoms with Crippen LogP contribution in [-0.4, -0.2) is 38.2 Å². The van der Waals surface area contributed by atoms with Gasteiger partial charge in [-0.3, -0.25) is 4.79 Å². The highest BCUT2D eigenvalue weighted by atomic mass is 16.5. The van der Waals surface area contributed by atoms with Gasteiger partial charge < -0.3 is 19.5 Å². The molecule has 2 rings (SSSR count). The summed E-state index contributed by atoms with van der Waals surface area (Å²) in [6.07, 6.45) is 4.05. The van der Waals surface area contributed by atoms with E-state index in [1.807, 2.05) is 0 Å². The molecule has 1 atom stereocenters. The van der Waals surface area contributed by atoms with Gasteiger partial charge in [-0.15, -0.1) is 0 Å². The number of nitrogens with one attached hydrogen (secondary N) is 1. The molecule has 1 aliphatic carbocycles. The predicted octanol–water partition coefficient (Wildman–Crippen LogP) is 1.93. The van der Waals surface area contributed by atoms with Gasteiger partial charge in [0.05, 0.1) is 14.2 Å². The lowest BCUT2D eigenvalue weighted by Gasteiger charge is -2.11. The van der Waals surface area contributed by atoms with Crippen molar-refractivity contribution >= 4 is 18.0 Å². The number of esters is 1. The minimum absolute atomic E-state index is 0.242. The summed E-state index contributed by atoms with van der Waals surface area (Å²) in [5.41, 5.74) is 0.759. The van der Waals surface area contributed by atoms with Crippen LogP contribution in [0.5, 0.6) is 11.5 Å². The molecule has 0 spiro atoms. The van der Waals surface area contributed by atoms with Gasteiger partial charge in [0, 0.05) is 12.1 Å². The maximum absolute atomic E-state index is 11.8. The molecular formula is C17H21NO5. The third-order valence-electron chi connectivity index (χ3n) is 3.41. The van der Waals surface area contributed by atoms with E-state index in [0.717, 1.165) is 18.4 Å². The van der Waals surface area contributed by atoms with Crippen molar-refractivity contribution in [2.24, 2.45) is 0 Å². The fourth-order valence-corrected chi connectivity index (χ4v) is 1.93. The Bertz CT molecular complexity index is 607. The Balaban J connectivity index is 1.90. The first-order valence-corrected chi connectivity index (χ1v) is 7.44. The molecule has 1 amide bonds. The summed E-state index contributed by atoms with van der Waals surface area (Å²) in [5.74, 6) is 0.344. The molecule has 6 nitrogen and oxygen atoms in total. The molecule has 1 fully saturated rings. The van der Waals surface area contributed by atoms with E-state index in [1.54, 1.807) is 45.4 Å². The molecule has 6 heteroatoms. The zero-order valence-corrected chi connectivity index (χ0v) is 13.5. The van der Waals surface area contributed by atoms with Crippen LogP contribution in [0.25, 0.3) is 6.08 Å². The molecule has 1 N–H and O–H groups in total. The lowest BCUT2D eigenvalue weighted by Crippen LogP contribution is -2.36. The van der Waals surface area contributed by atoms with Gasteiger partial charge in [0.25, 0.3) is 5.91 Å². The van der Waals surface area contributed by atoms with E-state index < -0.39 is 12.1 Å². The van der Waals surface area contributed by atoms with Crippen LogP contribution in [0.1, 0.15) is 25.3 Å². The molecular weight excluding hydrogens is 298 g/mol. The van der Waals surface area contributed by atoms with E-state index in [4.69, 9.17) is 14.2 Å². The summed E-state index contributed by atoms with van der Waals surface area (Å²) >= 11 is 0. The molecule has 1 aromatic rings. The molecule has 0 unspecified atom stereocenters. The molecule has 0 aromatic heterocycles. The first-order valence-electron chi connectivity index (χ1n) is 7.44. The van der Waals surface area contributed by atoms with Gasteiger partial charge in [0.2, 0.25) is 0 Å². The minimum Gasteiger partial charge on any atom is -0.493 e. The SMILES string of the molecule is COc1ccc(/C=C/C(=O)O[C@@H](C)C(=O)NC2CC2)cc1OC. The minimum atomic E-state index is -0.807. The number of carbonyl (C=O) groups excluding carboxylic acids is 2. The quantitative estimate of drug-likeness (QED) is 0.614. The van der Waals surface area contributed by atoms with Crippen LogP contribution in [-0.2, 0) is 14.3 Å². The average Bonchev–Trinajstić information content (AvgIpc) is 3.36. The number of benzene rings is 1. The third-order valence-corrected chi connectivity index (χ3v) is 3.41. The standard InChI is InChI=1S/C17H21NO5/c1-11(17(20)18-13-6-7-13)23-16(19)9-5-12-4-8-14(21-2)15(10-12)22-3/h4-5,8-11,13H,6-7H2,1-3H3,(H,18,20)/b9-5+/t11-/m0/s1. The molecule has 1 aromatic carbocycles. The molecule has 0 bridgehead atoms. The second kappa shape index (κ2) is 7.67. The van der Waals surface area contributed by atoms with Crippen molar-refractivity contribution in [2.45, 2.75) is 31.9 Å². The molecule has 0 saturated heterocycles. The second-order valence-corrected chi connectivity index (χ2v) is 5.31. The van der Waals surface area contributed by atoms with Gasteiger partial charge in [-0.05, 0) is 43.5 Å². The van der Waals surface area contributed by atoms with E-state index in [0.29, 0.717) is 11.5 Å². The van der Waals surface area contributed by atoms with Gasteiger partial charge in [-0.1, -0.05) is 6.07 Å². The van der Waals surface area contributed by atoms with Gasteiger partial charge >= 0.3 is 5.97 Å². The topological polar surface area (TPSA) is 73.9 Å². The smallest absolute Gasteiger partial charge is 0.331 e. The van der Waals surface area contributed by atoms with E-state index in [-0.39, 0.29) is 11.9 Å². The van der Waals surface area contributed by atoms with Crippen LogP contribution in [0.15, 0.2) is 24.3 Å². The highest BCUT2D eigenvalue weighted by Crippen LogP contribution is 2.27. The van der Waals surface area contributed by atoms with Crippen LogP contribution in [0.2, 0.25) is 0 Å². The average molecular weight is 319 g/mol. The van der Waals surface area contributed by atoms with Crippen LogP contribution in [0.4, 0.5) is 0 Å². The number of rotatable bonds is 7. The van der Waals surface area contributed by atoms with Gasteiger partial charge in [-0.25, -0.2) is 4.79 Å². The van der Waals surface area contributed by atoms with Crippen LogP contribution >= 0.6 is 0 Å². The molecule has 0 radical (unpaired) electrons. The van der Waals surface area contributed by atoms with E-state index in [2.05, 4.69) is 5.32 Å². The Morgan fingerprint density at radius 3 is 2.52 bits per heavy atom. The maximum Gasteiger partial charge on any atom is 0.331 e. The van der Waals surface area contributed by atoms with Gasteiger partial charge in [-0.2, -0.15) is 0 Å². The number of carbonyl (C=O) groups is 2. The highest BCUT2D eigenvalue weighted by molar-refractivity contribution is 5.90. The first-order chi connectivity index (χ1) is 11.0. The number of amides is 1. The lowest BCUT2D eigenvalue weighted by atomic mass is 10.2. The van der Waals surface area contributed by atoms with Crippen molar-refractivity contribution in [3.8, 4) is 11.5 Å². The largest absolute Gasteiger partial charge is 0.493 e. The van der Waals surface area contributed by atoms with Crippen molar-refractivity contribution in [1.29, 1.82) is 0 Å². The van der Waals surface area contributed by atoms with Crippen LogP contribution in [0, 0.1) is 0 Å². The van der Waals surface area contributed by atoms with Crippen molar-refractivity contribution in [1.82, 2.24) is 5.32 Å². The molecule has 23 heavy (non-hydrogen) atoms. The van der Waals surface area contributed by atoms with Crippen molar-refractivity contribution < 1.29 is 23.8 Å². The lowest BCUT2D eigenvalue weighted by molar-refractivity contribution is -0.150. The summed E-state index contributed by atoms with van der Waals surface area (Å²) < 4.78 is 15.4. The summed E-state index contributed by atoms with van der Waals surface area (Å²) in [7, 11) is 3.10. The number of hydrogen-bond acceptors (Lipinski definition) is 5. The zero-order chi connectivity index (χ0) is 16.8. The molecule has 1 aliphatic rings. The number of ether oxygens (including phenoxy) is 3. The second-order valence-electron chi connectivity index (χ2n) is 5.31.